The fraction of sp³-hybridized carbons (Fsp3) is 0.222. The van der Waals surface area contributed by atoms with Crippen LogP contribution in [0, 0.1) is 0 Å². The summed E-state index contributed by atoms with van der Waals surface area (Å²) >= 11 is 6.60. The van der Waals surface area contributed by atoms with Gasteiger partial charge in [-0.2, -0.15) is 13.2 Å². The quantitative estimate of drug-likeness (QED) is 0.544. The molecule has 0 aromatic heterocycles. The Morgan fingerprint density at radius 1 is 1.23 bits per heavy atom. The lowest BCUT2D eigenvalue weighted by molar-refractivity contribution is -0.137. The molecule has 0 saturated heterocycles. The Labute approximate surface area is 157 Å². The molecule has 0 aliphatic carbocycles. The molecule has 0 saturated carbocycles. The maximum absolute atomic E-state index is 12.9. The second-order valence-electron chi connectivity index (χ2n) is 5.82. The number of carbonyl (C=O) groups is 2. The number of Topliss-reactive ketones (excluding diaryl/α,β-unsaturated/α-hetero) is 1. The SMILES string of the molecule is CN1C(=O)Cc2cc(C(=O)CSc3ccc(Cl)c(C(F)(F)F)c3)ccc21. The third-order valence-electron chi connectivity index (χ3n) is 4.09. The predicted molar refractivity (Wildman–Crippen MR) is 95.1 cm³/mol. The molecule has 8 heteroatoms. The standard InChI is InChI=1S/C18H13ClF3NO2S/c1-23-15-5-2-10(6-11(15)7-17(23)25)16(24)9-26-12-3-4-14(19)13(8-12)18(20,21)22/h2-6,8H,7,9H2,1H3. The van der Waals surface area contributed by atoms with E-state index < -0.39 is 11.7 Å². The summed E-state index contributed by atoms with van der Waals surface area (Å²) < 4.78 is 38.7. The molecule has 3 nitrogen and oxygen atoms in total. The summed E-state index contributed by atoms with van der Waals surface area (Å²) in [6.07, 6.45) is -4.30. The van der Waals surface area contributed by atoms with Gasteiger partial charge in [0.2, 0.25) is 5.91 Å². The average Bonchev–Trinajstić information content (AvgIpc) is 2.86. The molecule has 2 aromatic carbocycles. The highest BCUT2D eigenvalue weighted by atomic mass is 35.5. The number of nitrogens with zero attached hydrogens (tertiary/aromatic N) is 1. The molecule has 136 valence electrons. The first-order valence-electron chi connectivity index (χ1n) is 7.59. The molecule has 0 atom stereocenters. The second kappa shape index (κ2) is 6.96. The summed E-state index contributed by atoms with van der Waals surface area (Å²) in [5.41, 5.74) is 1.06. The number of thioether (sulfide) groups is 1. The largest absolute Gasteiger partial charge is 0.417 e. The van der Waals surface area contributed by atoms with E-state index in [1.807, 2.05) is 0 Å². The lowest BCUT2D eigenvalue weighted by atomic mass is 10.1. The Hall–Kier alpha value is -1.99. The van der Waals surface area contributed by atoms with Crippen LogP contribution in [0.2, 0.25) is 5.02 Å². The van der Waals surface area contributed by atoms with Crippen LogP contribution >= 0.6 is 23.4 Å². The number of likely N-dealkylation sites (N-methyl/N-ethyl adjacent to an activating group) is 1. The van der Waals surface area contributed by atoms with Crippen LogP contribution in [0.25, 0.3) is 0 Å². The van der Waals surface area contributed by atoms with Gasteiger partial charge in [-0.1, -0.05) is 11.6 Å². The summed E-state index contributed by atoms with van der Waals surface area (Å²) in [6.45, 7) is 0. The monoisotopic (exact) mass is 399 g/mol. The van der Waals surface area contributed by atoms with Crippen LogP contribution < -0.4 is 4.90 Å². The number of benzene rings is 2. The Morgan fingerprint density at radius 3 is 2.65 bits per heavy atom. The third-order valence-corrected chi connectivity index (χ3v) is 5.42. The summed E-state index contributed by atoms with van der Waals surface area (Å²) in [6, 6.07) is 8.57. The van der Waals surface area contributed by atoms with Gasteiger partial charge in [-0.25, -0.2) is 0 Å². The van der Waals surface area contributed by atoms with Gasteiger partial charge in [-0.3, -0.25) is 9.59 Å². The first-order chi connectivity index (χ1) is 12.2. The summed E-state index contributed by atoms with van der Waals surface area (Å²) in [5.74, 6) is -0.273. The van der Waals surface area contributed by atoms with Crippen LogP contribution in [-0.4, -0.2) is 24.5 Å². The number of hydrogen-bond donors (Lipinski definition) is 0. The van der Waals surface area contributed by atoms with Crippen molar-refractivity contribution in [3.05, 3.63) is 58.1 Å². The van der Waals surface area contributed by atoms with Crippen molar-refractivity contribution in [2.45, 2.75) is 17.5 Å². The lowest BCUT2D eigenvalue weighted by Crippen LogP contribution is -2.20. The molecule has 1 aliphatic heterocycles. The average molecular weight is 400 g/mol. The van der Waals surface area contributed by atoms with Gasteiger partial charge >= 0.3 is 6.18 Å². The zero-order valence-electron chi connectivity index (χ0n) is 13.6. The van der Waals surface area contributed by atoms with Gasteiger partial charge in [0.25, 0.3) is 0 Å². The number of alkyl halides is 3. The minimum atomic E-state index is -4.55. The van der Waals surface area contributed by atoms with Crippen molar-refractivity contribution >= 4 is 40.7 Å². The highest BCUT2D eigenvalue weighted by Crippen LogP contribution is 2.37. The molecule has 0 unspecified atom stereocenters. The lowest BCUT2D eigenvalue weighted by Gasteiger charge is -2.11. The van der Waals surface area contributed by atoms with E-state index in [1.165, 1.54) is 17.0 Å². The maximum atomic E-state index is 12.9. The normalized spacial score (nSPS) is 13.9. The van der Waals surface area contributed by atoms with Crippen LogP contribution in [0.5, 0.6) is 0 Å². The molecule has 0 radical (unpaired) electrons. The van der Waals surface area contributed by atoms with Crippen molar-refractivity contribution in [2.24, 2.45) is 0 Å². The molecule has 0 bridgehead atoms. The first-order valence-corrected chi connectivity index (χ1v) is 8.95. The summed E-state index contributed by atoms with van der Waals surface area (Å²) in [4.78, 5) is 25.9. The van der Waals surface area contributed by atoms with Gasteiger partial charge in [0.15, 0.2) is 5.78 Å². The van der Waals surface area contributed by atoms with Gasteiger partial charge < -0.3 is 4.90 Å². The van der Waals surface area contributed by atoms with E-state index in [1.54, 1.807) is 25.2 Å². The fourth-order valence-corrected chi connectivity index (χ4v) is 3.74. The van der Waals surface area contributed by atoms with Crippen LogP contribution in [0.15, 0.2) is 41.3 Å². The van der Waals surface area contributed by atoms with Gasteiger partial charge in [0.05, 0.1) is 22.8 Å². The van der Waals surface area contributed by atoms with E-state index in [4.69, 9.17) is 11.6 Å². The number of amides is 1. The number of anilines is 1. The van der Waals surface area contributed by atoms with Crippen molar-refractivity contribution in [1.29, 1.82) is 0 Å². The zero-order chi connectivity index (χ0) is 19.1. The number of ketones is 1. The van der Waals surface area contributed by atoms with Crippen LogP contribution in [0.3, 0.4) is 0 Å². The molecule has 26 heavy (non-hydrogen) atoms. The van der Waals surface area contributed by atoms with Gasteiger partial charge in [0, 0.05) is 23.2 Å². The smallest absolute Gasteiger partial charge is 0.315 e. The van der Waals surface area contributed by atoms with Crippen molar-refractivity contribution in [1.82, 2.24) is 0 Å². The third kappa shape index (κ3) is 3.73. The Balaban J connectivity index is 1.72. The number of carbonyl (C=O) groups excluding carboxylic acids is 2. The number of rotatable bonds is 4. The van der Waals surface area contributed by atoms with Crippen molar-refractivity contribution in [2.75, 3.05) is 17.7 Å². The van der Waals surface area contributed by atoms with E-state index in [0.29, 0.717) is 10.5 Å². The van der Waals surface area contributed by atoms with Crippen molar-refractivity contribution < 1.29 is 22.8 Å². The van der Waals surface area contributed by atoms with E-state index in [0.717, 1.165) is 29.1 Å². The Kier molecular flexibility index (Phi) is 5.03. The minimum absolute atomic E-state index is 0.0124. The van der Waals surface area contributed by atoms with Crippen LogP contribution in [-0.2, 0) is 17.4 Å². The molecule has 1 amide bonds. The molecule has 3 rings (SSSR count). The van der Waals surface area contributed by atoms with Crippen molar-refractivity contribution in [3.8, 4) is 0 Å². The maximum Gasteiger partial charge on any atom is 0.417 e. The number of hydrogen-bond acceptors (Lipinski definition) is 3. The molecule has 0 fully saturated rings. The van der Waals surface area contributed by atoms with Crippen LogP contribution in [0.4, 0.5) is 18.9 Å². The van der Waals surface area contributed by atoms with Gasteiger partial charge in [0.1, 0.15) is 0 Å². The summed E-state index contributed by atoms with van der Waals surface area (Å²) in [7, 11) is 1.67. The van der Waals surface area contributed by atoms with E-state index in [-0.39, 0.29) is 28.9 Å². The zero-order valence-corrected chi connectivity index (χ0v) is 15.1. The molecular weight excluding hydrogens is 387 g/mol. The van der Waals surface area contributed by atoms with E-state index in [9.17, 15) is 22.8 Å². The summed E-state index contributed by atoms with van der Waals surface area (Å²) in [5, 5.41) is -0.374. The van der Waals surface area contributed by atoms with E-state index >= 15 is 0 Å². The van der Waals surface area contributed by atoms with Gasteiger partial charge in [-0.15, -0.1) is 11.8 Å². The van der Waals surface area contributed by atoms with E-state index in [2.05, 4.69) is 0 Å². The van der Waals surface area contributed by atoms with Crippen molar-refractivity contribution in [3.63, 3.8) is 0 Å². The second-order valence-corrected chi connectivity index (χ2v) is 7.28. The Bertz CT molecular complexity index is 898. The molecule has 0 N–H and O–H groups in total. The van der Waals surface area contributed by atoms with Gasteiger partial charge in [-0.05, 0) is 42.0 Å². The molecular formula is C18H13ClF3NO2S. The highest BCUT2D eigenvalue weighted by Gasteiger charge is 2.33. The number of fused-ring (bicyclic) bond motifs is 1. The predicted octanol–water partition coefficient (Wildman–Crippen LogP) is 4.85. The molecule has 1 heterocycles. The highest BCUT2D eigenvalue weighted by molar-refractivity contribution is 8.00. The minimum Gasteiger partial charge on any atom is -0.315 e. The molecule has 1 aliphatic rings. The van der Waals surface area contributed by atoms with Crippen LogP contribution in [0.1, 0.15) is 21.5 Å². The topological polar surface area (TPSA) is 37.4 Å². The Morgan fingerprint density at radius 2 is 1.96 bits per heavy atom. The molecule has 2 aromatic rings. The number of halogens is 4. The molecule has 0 spiro atoms. The first kappa shape index (κ1) is 18.8. The fourth-order valence-electron chi connectivity index (χ4n) is 2.69.